The first-order valence-corrected chi connectivity index (χ1v) is 8.58. The summed E-state index contributed by atoms with van der Waals surface area (Å²) in [6.07, 6.45) is 0.999. The number of aryl methyl sites for hydroxylation is 1. The van der Waals surface area contributed by atoms with Crippen molar-refractivity contribution in [1.29, 1.82) is 0 Å². The molecule has 1 aromatic heterocycles. The fourth-order valence-electron chi connectivity index (χ4n) is 2.82. The van der Waals surface area contributed by atoms with Crippen LogP contribution in [0.4, 0.5) is 0 Å². The average molecular weight is 358 g/mol. The van der Waals surface area contributed by atoms with Crippen LogP contribution in [0.5, 0.6) is 5.75 Å². The summed E-state index contributed by atoms with van der Waals surface area (Å²) in [5.41, 5.74) is 2.38. The number of carbonyl (C=O) groups is 1. The molecule has 0 aliphatic carbocycles. The number of ether oxygens (including phenoxy) is 1. The average Bonchev–Trinajstić information content (AvgIpc) is 2.98. The molecule has 130 valence electrons. The monoisotopic (exact) mass is 357 g/mol. The first-order chi connectivity index (χ1) is 12.1. The van der Waals surface area contributed by atoms with Crippen LogP contribution in [0, 0.1) is 0 Å². The van der Waals surface area contributed by atoms with E-state index in [9.17, 15) is 4.79 Å². The molecule has 5 nitrogen and oxygen atoms in total. The van der Waals surface area contributed by atoms with Crippen molar-refractivity contribution in [2.24, 2.45) is 0 Å². The van der Waals surface area contributed by atoms with Crippen molar-refractivity contribution in [3.63, 3.8) is 0 Å². The predicted octanol–water partition coefficient (Wildman–Crippen LogP) is 4.04. The van der Waals surface area contributed by atoms with Gasteiger partial charge in [0, 0.05) is 17.0 Å². The quantitative estimate of drug-likeness (QED) is 0.724. The van der Waals surface area contributed by atoms with Crippen LogP contribution in [0.2, 0.25) is 5.02 Å². The molecule has 1 N–H and O–H groups in total. The maximum atomic E-state index is 12.5. The zero-order valence-electron chi connectivity index (χ0n) is 14.3. The van der Waals surface area contributed by atoms with E-state index in [1.54, 1.807) is 18.2 Å². The van der Waals surface area contributed by atoms with E-state index < -0.39 is 0 Å². The molecule has 0 atom stereocenters. The van der Waals surface area contributed by atoms with Crippen LogP contribution >= 0.6 is 11.6 Å². The number of methoxy groups -OCH3 is 1. The van der Waals surface area contributed by atoms with Crippen molar-refractivity contribution >= 4 is 28.4 Å². The van der Waals surface area contributed by atoms with Gasteiger partial charge in [0.25, 0.3) is 5.91 Å². The molecule has 3 rings (SSSR count). The lowest BCUT2D eigenvalue weighted by atomic mass is 10.1. The second-order valence-corrected chi connectivity index (χ2v) is 6.15. The van der Waals surface area contributed by atoms with Crippen LogP contribution in [0.1, 0.15) is 29.4 Å². The molecule has 0 radical (unpaired) electrons. The van der Waals surface area contributed by atoms with Gasteiger partial charge < -0.3 is 10.1 Å². The van der Waals surface area contributed by atoms with Gasteiger partial charge in [-0.2, -0.15) is 5.10 Å². The van der Waals surface area contributed by atoms with Gasteiger partial charge >= 0.3 is 0 Å². The summed E-state index contributed by atoms with van der Waals surface area (Å²) in [6.45, 7) is 3.31. The Morgan fingerprint density at radius 2 is 2.08 bits per heavy atom. The number of benzene rings is 2. The molecule has 0 saturated carbocycles. The Hall–Kier alpha value is -2.53. The minimum absolute atomic E-state index is 0.220. The molecule has 3 aromatic rings. The number of amides is 1. The molecular formula is C19H20ClN3O2. The van der Waals surface area contributed by atoms with Crippen LogP contribution in [-0.4, -0.2) is 22.8 Å². The number of hydrogen-bond donors (Lipinski definition) is 1. The summed E-state index contributed by atoms with van der Waals surface area (Å²) in [5, 5.41) is 9.15. The minimum atomic E-state index is -0.220. The highest BCUT2D eigenvalue weighted by atomic mass is 35.5. The zero-order valence-corrected chi connectivity index (χ0v) is 15.0. The van der Waals surface area contributed by atoms with Crippen molar-refractivity contribution in [3.8, 4) is 5.75 Å². The largest absolute Gasteiger partial charge is 0.496 e. The molecule has 6 heteroatoms. The molecule has 0 fully saturated rings. The fourth-order valence-corrected chi connectivity index (χ4v) is 2.98. The second-order valence-electron chi connectivity index (χ2n) is 5.71. The van der Waals surface area contributed by atoms with Gasteiger partial charge in [-0.1, -0.05) is 36.7 Å². The molecule has 0 aliphatic heterocycles. The van der Waals surface area contributed by atoms with Gasteiger partial charge in [0.05, 0.1) is 30.4 Å². The highest BCUT2D eigenvalue weighted by Gasteiger charge is 2.15. The van der Waals surface area contributed by atoms with Crippen LogP contribution in [-0.2, 0) is 13.1 Å². The van der Waals surface area contributed by atoms with Gasteiger partial charge in [-0.25, -0.2) is 0 Å². The van der Waals surface area contributed by atoms with Crippen LogP contribution in [0.15, 0.2) is 42.5 Å². The van der Waals surface area contributed by atoms with E-state index in [0.29, 0.717) is 22.9 Å². The molecule has 0 aliphatic rings. The van der Waals surface area contributed by atoms with Crippen molar-refractivity contribution in [2.45, 2.75) is 26.4 Å². The summed E-state index contributed by atoms with van der Waals surface area (Å²) in [5.74, 6) is 0.231. The molecule has 0 bridgehead atoms. The standard InChI is InChI=1S/C19H20ClN3O2/c1-3-10-23-17-7-5-4-6-14(17)16(22-23)12-21-19(24)15-9-8-13(20)11-18(15)25-2/h4-9,11H,3,10,12H2,1-2H3,(H,21,24). The summed E-state index contributed by atoms with van der Waals surface area (Å²) in [7, 11) is 1.52. The van der Waals surface area contributed by atoms with Gasteiger partial charge in [0.15, 0.2) is 0 Å². The first kappa shape index (κ1) is 17.3. The fraction of sp³-hybridized carbons (Fsp3) is 0.263. The van der Waals surface area contributed by atoms with Gasteiger partial charge in [0.1, 0.15) is 5.75 Å². The number of halogens is 1. The number of fused-ring (bicyclic) bond motifs is 1. The van der Waals surface area contributed by atoms with E-state index >= 15 is 0 Å². The van der Waals surface area contributed by atoms with E-state index in [1.165, 1.54) is 7.11 Å². The number of para-hydroxylation sites is 1. The number of hydrogen-bond acceptors (Lipinski definition) is 3. The summed E-state index contributed by atoms with van der Waals surface area (Å²) in [4.78, 5) is 12.5. The predicted molar refractivity (Wildman–Crippen MR) is 99.2 cm³/mol. The maximum absolute atomic E-state index is 12.5. The van der Waals surface area contributed by atoms with E-state index in [-0.39, 0.29) is 5.91 Å². The number of nitrogens with one attached hydrogen (secondary N) is 1. The summed E-state index contributed by atoms with van der Waals surface area (Å²) in [6, 6.07) is 13.0. The summed E-state index contributed by atoms with van der Waals surface area (Å²) >= 11 is 5.95. The molecule has 1 amide bonds. The van der Waals surface area contributed by atoms with Gasteiger partial charge in [-0.05, 0) is 30.7 Å². The number of aromatic nitrogens is 2. The molecule has 1 heterocycles. The number of rotatable bonds is 6. The molecule has 0 saturated heterocycles. The van der Waals surface area contributed by atoms with Crippen molar-refractivity contribution < 1.29 is 9.53 Å². The molecular weight excluding hydrogens is 338 g/mol. The number of nitrogens with zero attached hydrogens (tertiary/aromatic N) is 2. The van der Waals surface area contributed by atoms with Crippen LogP contribution < -0.4 is 10.1 Å². The molecule has 25 heavy (non-hydrogen) atoms. The third kappa shape index (κ3) is 3.61. The third-order valence-electron chi connectivity index (χ3n) is 3.99. The Morgan fingerprint density at radius 1 is 1.28 bits per heavy atom. The second kappa shape index (κ2) is 7.57. The lowest BCUT2D eigenvalue weighted by Gasteiger charge is -2.09. The Kier molecular flexibility index (Phi) is 5.24. The Labute approximate surface area is 151 Å². The maximum Gasteiger partial charge on any atom is 0.255 e. The first-order valence-electron chi connectivity index (χ1n) is 8.20. The highest BCUT2D eigenvalue weighted by Crippen LogP contribution is 2.23. The SMILES string of the molecule is CCCn1nc(CNC(=O)c2ccc(Cl)cc2OC)c2ccccc21. The number of carbonyl (C=O) groups excluding carboxylic acids is 1. The lowest BCUT2D eigenvalue weighted by Crippen LogP contribution is -2.23. The van der Waals surface area contributed by atoms with Crippen LogP contribution in [0.3, 0.4) is 0 Å². The smallest absolute Gasteiger partial charge is 0.255 e. The zero-order chi connectivity index (χ0) is 17.8. The van der Waals surface area contributed by atoms with E-state index in [4.69, 9.17) is 16.3 Å². The Balaban J connectivity index is 1.82. The van der Waals surface area contributed by atoms with Crippen molar-refractivity contribution in [3.05, 3.63) is 58.7 Å². The van der Waals surface area contributed by atoms with E-state index in [0.717, 1.165) is 29.6 Å². The topological polar surface area (TPSA) is 56.2 Å². The van der Waals surface area contributed by atoms with Crippen LogP contribution in [0.25, 0.3) is 10.9 Å². The highest BCUT2D eigenvalue weighted by molar-refractivity contribution is 6.30. The molecule has 0 unspecified atom stereocenters. The molecule has 2 aromatic carbocycles. The van der Waals surface area contributed by atoms with Gasteiger partial charge in [0.2, 0.25) is 0 Å². The Morgan fingerprint density at radius 3 is 2.84 bits per heavy atom. The minimum Gasteiger partial charge on any atom is -0.496 e. The summed E-state index contributed by atoms with van der Waals surface area (Å²) < 4.78 is 7.23. The van der Waals surface area contributed by atoms with Crippen molar-refractivity contribution in [2.75, 3.05) is 7.11 Å². The van der Waals surface area contributed by atoms with Crippen molar-refractivity contribution in [1.82, 2.24) is 15.1 Å². The normalized spacial score (nSPS) is 10.8. The Bertz CT molecular complexity index is 905. The molecule has 0 spiro atoms. The van der Waals surface area contributed by atoms with E-state index in [2.05, 4.69) is 17.3 Å². The third-order valence-corrected chi connectivity index (χ3v) is 4.23. The van der Waals surface area contributed by atoms with Gasteiger partial charge in [-0.15, -0.1) is 0 Å². The van der Waals surface area contributed by atoms with E-state index in [1.807, 2.05) is 28.9 Å². The lowest BCUT2D eigenvalue weighted by molar-refractivity contribution is 0.0947. The van der Waals surface area contributed by atoms with Gasteiger partial charge in [-0.3, -0.25) is 9.48 Å².